The van der Waals surface area contributed by atoms with E-state index < -0.39 is 0 Å². The molecule has 0 spiro atoms. The lowest BCUT2D eigenvalue weighted by Crippen LogP contribution is -2.21. The largest absolute Gasteiger partial charge is 0.326 e. The molecule has 1 heterocycles. The minimum atomic E-state index is -0.0780. The Labute approximate surface area is 118 Å². The second-order valence-electron chi connectivity index (χ2n) is 4.98. The Hall–Kier alpha value is -2.14. The highest BCUT2D eigenvalue weighted by molar-refractivity contribution is 5.91. The topological polar surface area (TPSA) is 72.9 Å². The SMILES string of the molecule is CC(C)c1nccn1CC(=O)Nc1ccccc1CN. The van der Waals surface area contributed by atoms with Crippen molar-refractivity contribution in [3.63, 3.8) is 0 Å². The van der Waals surface area contributed by atoms with Crippen LogP contribution >= 0.6 is 0 Å². The number of nitrogens with zero attached hydrogens (tertiary/aromatic N) is 2. The van der Waals surface area contributed by atoms with E-state index in [1.165, 1.54) is 0 Å². The number of carbonyl (C=O) groups is 1. The van der Waals surface area contributed by atoms with Crippen LogP contribution in [0.5, 0.6) is 0 Å². The molecule has 106 valence electrons. The molecule has 0 saturated heterocycles. The highest BCUT2D eigenvalue weighted by Crippen LogP contribution is 2.15. The van der Waals surface area contributed by atoms with Crippen LogP contribution in [0.2, 0.25) is 0 Å². The number of hydrogen-bond acceptors (Lipinski definition) is 3. The second kappa shape index (κ2) is 6.34. The average Bonchev–Trinajstić information content (AvgIpc) is 2.87. The minimum Gasteiger partial charge on any atom is -0.326 e. The van der Waals surface area contributed by atoms with Crippen LogP contribution in [0, 0.1) is 0 Å². The first-order valence-electron chi connectivity index (χ1n) is 6.70. The number of anilines is 1. The van der Waals surface area contributed by atoms with Crippen molar-refractivity contribution in [3.05, 3.63) is 48.0 Å². The molecule has 0 aliphatic heterocycles. The monoisotopic (exact) mass is 272 g/mol. The van der Waals surface area contributed by atoms with Crippen LogP contribution in [0.4, 0.5) is 5.69 Å². The zero-order valence-electron chi connectivity index (χ0n) is 11.8. The standard InChI is InChI=1S/C15H20N4O/c1-11(2)15-17-7-8-19(15)10-14(20)18-13-6-4-3-5-12(13)9-16/h3-8,11H,9-10,16H2,1-2H3,(H,18,20). The van der Waals surface area contributed by atoms with Gasteiger partial charge in [0.25, 0.3) is 0 Å². The second-order valence-corrected chi connectivity index (χ2v) is 4.98. The zero-order chi connectivity index (χ0) is 14.5. The molecule has 0 aliphatic carbocycles. The van der Waals surface area contributed by atoms with E-state index in [2.05, 4.69) is 24.1 Å². The molecule has 1 aromatic heterocycles. The molecular formula is C15H20N4O. The quantitative estimate of drug-likeness (QED) is 0.875. The molecule has 20 heavy (non-hydrogen) atoms. The molecule has 2 aromatic rings. The fourth-order valence-electron chi connectivity index (χ4n) is 2.12. The molecule has 0 unspecified atom stereocenters. The van der Waals surface area contributed by atoms with Crippen molar-refractivity contribution in [2.24, 2.45) is 5.73 Å². The van der Waals surface area contributed by atoms with Crippen molar-refractivity contribution < 1.29 is 4.79 Å². The maximum atomic E-state index is 12.1. The van der Waals surface area contributed by atoms with Crippen LogP contribution in [0.3, 0.4) is 0 Å². The first-order chi connectivity index (χ1) is 9.61. The van der Waals surface area contributed by atoms with E-state index in [1.54, 1.807) is 6.20 Å². The highest BCUT2D eigenvalue weighted by Gasteiger charge is 2.11. The van der Waals surface area contributed by atoms with Gasteiger partial charge in [-0.05, 0) is 11.6 Å². The van der Waals surface area contributed by atoms with Crippen LogP contribution in [-0.2, 0) is 17.9 Å². The Bertz CT molecular complexity index is 589. The van der Waals surface area contributed by atoms with E-state index in [0.29, 0.717) is 6.54 Å². The number of para-hydroxylation sites is 1. The summed E-state index contributed by atoms with van der Waals surface area (Å²) in [5.41, 5.74) is 7.36. The average molecular weight is 272 g/mol. The van der Waals surface area contributed by atoms with Gasteiger partial charge in [-0.2, -0.15) is 0 Å². The number of benzene rings is 1. The Balaban J connectivity index is 2.07. The summed E-state index contributed by atoms with van der Waals surface area (Å²) in [5.74, 6) is 1.12. The van der Waals surface area contributed by atoms with Crippen molar-refractivity contribution in [3.8, 4) is 0 Å². The molecule has 0 fully saturated rings. The van der Waals surface area contributed by atoms with Gasteiger partial charge in [0.15, 0.2) is 0 Å². The molecule has 3 N–H and O–H groups in total. The summed E-state index contributed by atoms with van der Waals surface area (Å²) in [6, 6.07) is 7.56. The molecule has 1 aromatic carbocycles. The molecule has 0 aliphatic rings. The van der Waals surface area contributed by atoms with Gasteiger partial charge in [0.05, 0.1) is 0 Å². The van der Waals surface area contributed by atoms with Crippen LogP contribution in [0.1, 0.15) is 31.2 Å². The fraction of sp³-hybridized carbons (Fsp3) is 0.333. The first-order valence-corrected chi connectivity index (χ1v) is 6.70. The lowest BCUT2D eigenvalue weighted by Gasteiger charge is -2.12. The van der Waals surface area contributed by atoms with Crippen LogP contribution in [0.15, 0.2) is 36.7 Å². The number of nitrogens with one attached hydrogen (secondary N) is 1. The van der Waals surface area contributed by atoms with Gasteiger partial charge < -0.3 is 15.6 Å². The molecule has 0 bridgehead atoms. The predicted octanol–water partition coefficient (Wildman–Crippen LogP) is 2.10. The summed E-state index contributed by atoms with van der Waals surface area (Å²) in [7, 11) is 0. The fourth-order valence-corrected chi connectivity index (χ4v) is 2.12. The van der Waals surface area contributed by atoms with Gasteiger partial charge in [-0.3, -0.25) is 4.79 Å². The lowest BCUT2D eigenvalue weighted by atomic mass is 10.2. The van der Waals surface area contributed by atoms with Crippen LogP contribution in [0.25, 0.3) is 0 Å². The minimum absolute atomic E-state index is 0.0780. The summed E-state index contributed by atoms with van der Waals surface area (Å²) in [4.78, 5) is 16.4. The number of nitrogens with two attached hydrogens (primary N) is 1. The molecule has 5 heteroatoms. The van der Waals surface area contributed by atoms with E-state index in [-0.39, 0.29) is 18.4 Å². The molecule has 2 rings (SSSR count). The van der Waals surface area contributed by atoms with E-state index >= 15 is 0 Å². The number of amides is 1. The Kier molecular flexibility index (Phi) is 4.53. The number of hydrogen-bond donors (Lipinski definition) is 2. The Morgan fingerprint density at radius 1 is 1.40 bits per heavy atom. The smallest absolute Gasteiger partial charge is 0.244 e. The summed E-state index contributed by atoms with van der Waals surface area (Å²) >= 11 is 0. The Morgan fingerprint density at radius 3 is 2.85 bits per heavy atom. The molecule has 0 atom stereocenters. The molecule has 1 amide bonds. The highest BCUT2D eigenvalue weighted by atomic mass is 16.1. The number of rotatable bonds is 5. The molecule has 5 nitrogen and oxygen atoms in total. The molecule has 0 radical (unpaired) electrons. The van der Waals surface area contributed by atoms with Crippen molar-refractivity contribution >= 4 is 11.6 Å². The Morgan fingerprint density at radius 2 is 2.15 bits per heavy atom. The van der Waals surface area contributed by atoms with E-state index in [1.807, 2.05) is 35.0 Å². The number of aromatic nitrogens is 2. The normalized spacial score (nSPS) is 10.8. The lowest BCUT2D eigenvalue weighted by molar-refractivity contribution is -0.116. The van der Waals surface area contributed by atoms with Crippen molar-refractivity contribution in [1.82, 2.24) is 9.55 Å². The zero-order valence-corrected chi connectivity index (χ0v) is 11.8. The van der Waals surface area contributed by atoms with Gasteiger partial charge in [0.1, 0.15) is 12.4 Å². The van der Waals surface area contributed by atoms with E-state index in [9.17, 15) is 4.79 Å². The third kappa shape index (κ3) is 3.24. The van der Waals surface area contributed by atoms with Gasteiger partial charge in [-0.25, -0.2) is 4.98 Å². The van der Waals surface area contributed by atoms with E-state index in [4.69, 9.17) is 5.73 Å². The third-order valence-corrected chi connectivity index (χ3v) is 3.09. The van der Waals surface area contributed by atoms with Crippen LogP contribution in [-0.4, -0.2) is 15.5 Å². The van der Waals surface area contributed by atoms with Gasteiger partial charge in [-0.1, -0.05) is 32.0 Å². The van der Waals surface area contributed by atoms with Gasteiger partial charge >= 0.3 is 0 Å². The summed E-state index contributed by atoms with van der Waals surface area (Å²) in [6.07, 6.45) is 3.54. The van der Waals surface area contributed by atoms with Gasteiger partial charge in [-0.15, -0.1) is 0 Å². The van der Waals surface area contributed by atoms with Crippen LogP contribution < -0.4 is 11.1 Å². The summed E-state index contributed by atoms with van der Waals surface area (Å²) in [6.45, 7) is 4.77. The predicted molar refractivity (Wildman–Crippen MR) is 79.3 cm³/mol. The van der Waals surface area contributed by atoms with E-state index in [0.717, 1.165) is 17.1 Å². The summed E-state index contributed by atoms with van der Waals surface area (Å²) < 4.78 is 1.87. The number of imidazole rings is 1. The number of carbonyl (C=O) groups excluding carboxylic acids is 1. The van der Waals surface area contributed by atoms with Crippen molar-refractivity contribution in [2.75, 3.05) is 5.32 Å². The molecule has 0 saturated carbocycles. The van der Waals surface area contributed by atoms with Gasteiger partial charge in [0, 0.05) is 30.5 Å². The maximum absolute atomic E-state index is 12.1. The van der Waals surface area contributed by atoms with Gasteiger partial charge in [0.2, 0.25) is 5.91 Å². The van der Waals surface area contributed by atoms with Crippen molar-refractivity contribution in [1.29, 1.82) is 0 Å². The molecular weight excluding hydrogens is 252 g/mol. The third-order valence-electron chi connectivity index (χ3n) is 3.09. The first kappa shape index (κ1) is 14.3. The maximum Gasteiger partial charge on any atom is 0.244 e. The van der Waals surface area contributed by atoms with Crippen molar-refractivity contribution in [2.45, 2.75) is 32.9 Å². The summed E-state index contributed by atoms with van der Waals surface area (Å²) in [5, 5.41) is 2.90.